The summed E-state index contributed by atoms with van der Waals surface area (Å²) in [4.78, 5) is 23.1. The van der Waals surface area contributed by atoms with Crippen LogP contribution in [0, 0.1) is 10.1 Å². The Balaban J connectivity index is 3.10. The molecule has 0 saturated heterocycles. The molecule has 0 aliphatic carbocycles. The number of nitro benzene ring substituents is 1. The second kappa shape index (κ2) is 7.44. The Morgan fingerprint density at radius 2 is 2.20 bits per heavy atom. The van der Waals surface area contributed by atoms with E-state index >= 15 is 0 Å². The van der Waals surface area contributed by atoms with Crippen LogP contribution in [0.5, 0.6) is 0 Å². The minimum absolute atomic E-state index is 0.0187. The summed E-state index contributed by atoms with van der Waals surface area (Å²) in [5.74, 6) is -0.483. The molecule has 1 aromatic rings. The first-order valence-electron chi connectivity index (χ1n) is 6.41. The first-order chi connectivity index (χ1) is 9.49. The normalized spacial score (nSPS) is 10.3. The molecule has 0 bridgehead atoms. The molecule has 0 aliphatic rings. The van der Waals surface area contributed by atoms with Gasteiger partial charge in [-0.05, 0) is 12.5 Å². The number of rotatable bonds is 8. The van der Waals surface area contributed by atoms with E-state index in [1.807, 2.05) is 6.92 Å². The molecule has 110 valence electrons. The third-order valence-electron chi connectivity index (χ3n) is 2.91. The molecular weight excluding hydrogens is 262 g/mol. The number of nitrogens with two attached hydrogens (primary N) is 1. The molecule has 0 saturated carbocycles. The Hall–Kier alpha value is -2.15. The smallest absolute Gasteiger partial charge is 0.269 e. The van der Waals surface area contributed by atoms with E-state index in [0.29, 0.717) is 17.8 Å². The quantitative estimate of drug-likeness (QED) is 0.549. The fourth-order valence-electron chi connectivity index (χ4n) is 1.94. The Morgan fingerprint density at radius 3 is 2.70 bits per heavy atom. The van der Waals surface area contributed by atoms with Crippen LogP contribution in [-0.4, -0.2) is 29.0 Å². The van der Waals surface area contributed by atoms with Crippen molar-refractivity contribution in [1.82, 2.24) is 0 Å². The molecule has 0 unspecified atom stereocenters. The van der Waals surface area contributed by atoms with Crippen molar-refractivity contribution < 1.29 is 14.8 Å². The first kappa shape index (κ1) is 15.9. The molecule has 0 aromatic heterocycles. The summed E-state index contributed by atoms with van der Waals surface area (Å²) in [5, 5.41) is 20.1. The van der Waals surface area contributed by atoms with Crippen LogP contribution in [0.2, 0.25) is 0 Å². The molecule has 20 heavy (non-hydrogen) atoms. The minimum Gasteiger partial charge on any atom is -0.392 e. The molecule has 1 aromatic carbocycles. The van der Waals surface area contributed by atoms with Crippen LogP contribution in [0.25, 0.3) is 0 Å². The summed E-state index contributed by atoms with van der Waals surface area (Å²) in [6.07, 6.45) is 1.80. The number of anilines is 1. The van der Waals surface area contributed by atoms with Gasteiger partial charge in [-0.2, -0.15) is 0 Å². The highest BCUT2D eigenvalue weighted by molar-refractivity contribution is 5.80. The second-order valence-electron chi connectivity index (χ2n) is 4.47. The number of primary amides is 1. The van der Waals surface area contributed by atoms with E-state index in [1.54, 1.807) is 11.0 Å². The van der Waals surface area contributed by atoms with Crippen LogP contribution in [-0.2, 0) is 11.4 Å². The summed E-state index contributed by atoms with van der Waals surface area (Å²) in [6.45, 7) is 2.30. The SMILES string of the molecule is CCCCN(CC(N)=O)c1ccc([N+](=O)[O-])cc1CO. The highest BCUT2D eigenvalue weighted by Gasteiger charge is 2.16. The van der Waals surface area contributed by atoms with Gasteiger partial charge in [-0.25, -0.2) is 0 Å². The van der Waals surface area contributed by atoms with Crippen LogP contribution in [0.15, 0.2) is 18.2 Å². The third kappa shape index (κ3) is 4.20. The number of nitrogens with zero attached hydrogens (tertiary/aromatic N) is 2. The molecule has 7 heteroatoms. The van der Waals surface area contributed by atoms with Gasteiger partial charge in [-0.1, -0.05) is 13.3 Å². The van der Waals surface area contributed by atoms with Gasteiger partial charge in [0.05, 0.1) is 18.1 Å². The zero-order valence-electron chi connectivity index (χ0n) is 11.4. The Kier molecular flexibility index (Phi) is 5.92. The van der Waals surface area contributed by atoms with Gasteiger partial charge in [-0.15, -0.1) is 0 Å². The van der Waals surface area contributed by atoms with E-state index in [0.717, 1.165) is 12.8 Å². The van der Waals surface area contributed by atoms with E-state index in [-0.39, 0.29) is 18.8 Å². The monoisotopic (exact) mass is 281 g/mol. The molecule has 0 fully saturated rings. The number of hydrogen-bond acceptors (Lipinski definition) is 5. The standard InChI is InChI=1S/C13H19N3O4/c1-2-3-6-15(8-13(14)18)12-5-4-11(16(19)20)7-10(12)9-17/h4-5,7,17H,2-3,6,8-9H2,1H3,(H2,14,18). The fourth-order valence-corrected chi connectivity index (χ4v) is 1.94. The van der Waals surface area contributed by atoms with Crippen molar-refractivity contribution in [2.45, 2.75) is 26.4 Å². The van der Waals surface area contributed by atoms with Crippen molar-refractivity contribution in [2.24, 2.45) is 5.73 Å². The van der Waals surface area contributed by atoms with Gasteiger partial charge in [0.25, 0.3) is 5.69 Å². The average Bonchev–Trinajstić information content (AvgIpc) is 2.42. The predicted molar refractivity (Wildman–Crippen MR) is 75.3 cm³/mol. The molecule has 0 radical (unpaired) electrons. The van der Waals surface area contributed by atoms with Crippen LogP contribution < -0.4 is 10.6 Å². The van der Waals surface area contributed by atoms with E-state index in [9.17, 15) is 20.0 Å². The molecule has 3 N–H and O–H groups in total. The summed E-state index contributed by atoms with van der Waals surface area (Å²) in [5.41, 5.74) is 6.15. The number of unbranched alkanes of at least 4 members (excludes halogenated alkanes) is 1. The average molecular weight is 281 g/mol. The number of carbonyl (C=O) groups excluding carboxylic acids is 1. The van der Waals surface area contributed by atoms with E-state index in [1.165, 1.54) is 12.1 Å². The van der Waals surface area contributed by atoms with Crippen LogP contribution in [0.1, 0.15) is 25.3 Å². The van der Waals surface area contributed by atoms with Gasteiger partial charge in [0.1, 0.15) is 0 Å². The summed E-state index contributed by atoms with van der Waals surface area (Å²) in [7, 11) is 0. The molecule has 1 rings (SSSR count). The van der Waals surface area contributed by atoms with Crippen molar-refractivity contribution in [2.75, 3.05) is 18.0 Å². The topological polar surface area (TPSA) is 110 Å². The maximum absolute atomic E-state index is 11.1. The first-order valence-corrected chi connectivity index (χ1v) is 6.41. The van der Waals surface area contributed by atoms with Crippen molar-refractivity contribution in [1.29, 1.82) is 0 Å². The molecule has 0 aliphatic heterocycles. The van der Waals surface area contributed by atoms with Gasteiger partial charge in [0.15, 0.2) is 0 Å². The Bertz CT molecular complexity index is 491. The van der Waals surface area contributed by atoms with Gasteiger partial charge >= 0.3 is 0 Å². The maximum atomic E-state index is 11.1. The lowest BCUT2D eigenvalue weighted by Crippen LogP contribution is -2.35. The van der Waals surface area contributed by atoms with Crippen LogP contribution in [0.3, 0.4) is 0 Å². The summed E-state index contributed by atoms with van der Waals surface area (Å²) in [6, 6.07) is 4.21. The lowest BCUT2D eigenvalue weighted by atomic mass is 10.1. The molecule has 7 nitrogen and oxygen atoms in total. The minimum atomic E-state index is -0.520. The zero-order chi connectivity index (χ0) is 15.1. The van der Waals surface area contributed by atoms with Gasteiger partial charge in [0, 0.05) is 29.9 Å². The number of hydrogen-bond donors (Lipinski definition) is 2. The number of benzene rings is 1. The number of amides is 1. The fraction of sp³-hybridized carbons (Fsp3) is 0.462. The number of nitro groups is 1. The second-order valence-corrected chi connectivity index (χ2v) is 4.47. The van der Waals surface area contributed by atoms with E-state index in [4.69, 9.17) is 5.73 Å². The van der Waals surface area contributed by atoms with E-state index in [2.05, 4.69) is 0 Å². The largest absolute Gasteiger partial charge is 0.392 e. The van der Waals surface area contributed by atoms with Crippen LogP contribution >= 0.6 is 0 Å². The molecule has 0 heterocycles. The number of aliphatic hydroxyl groups is 1. The Labute approximate surface area is 117 Å². The van der Waals surface area contributed by atoms with Crippen molar-refractivity contribution in [3.63, 3.8) is 0 Å². The van der Waals surface area contributed by atoms with Gasteiger partial charge < -0.3 is 15.7 Å². The van der Waals surface area contributed by atoms with E-state index < -0.39 is 10.8 Å². The predicted octanol–water partition coefficient (Wildman–Crippen LogP) is 1.18. The third-order valence-corrected chi connectivity index (χ3v) is 2.91. The molecule has 0 spiro atoms. The highest BCUT2D eigenvalue weighted by Crippen LogP contribution is 2.26. The summed E-state index contributed by atoms with van der Waals surface area (Å²) >= 11 is 0. The molecular formula is C13H19N3O4. The lowest BCUT2D eigenvalue weighted by Gasteiger charge is -2.25. The highest BCUT2D eigenvalue weighted by atomic mass is 16.6. The van der Waals surface area contributed by atoms with Crippen molar-refractivity contribution >= 4 is 17.3 Å². The Morgan fingerprint density at radius 1 is 1.50 bits per heavy atom. The molecule has 0 atom stereocenters. The number of carbonyl (C=O) groups is 1. The van der Waals surface area contributed by atoms with Crippen LogP contribution in [0.4, 0.5) is 11.4 Å². The number of aliphatic hydroxyl groups excluding tert-OH is 1. The number of non-ortho nitro benzene ring substituents is 1. The lowest BCUT2D eigenvalue weighted by molar-refractivity contribution is -0.384. The van der Waals surface area contributed by atoms with Gasteiger partial charge in [0.2, 0.25) is 5.91 Å². The zero-order valence-corrected chi connectivity index (χ0v) is 11.4. The molecule has 1 amide bonds. The van der Waals surface area contributed by atoms with Crippen molar-refractivity contribution in [3.8, 4) is 0 Å². The summed E-state index contributed by atoms with van der Waals surface area (Å²) < 4.78 is 0. The van der Waals surface area contributed by atoms with Crippen molar-refractivity contribution in [3.05, 3.63) is 33.9 Å². The maximum Gasteiger partial charge on any atom is 0.269 e. The van der Waals surface area contributed by atoms with Gasteiger partial charge in [-0.3, -0.25) is 14.9 Å².